The van der Waals surface area contributed by atoms with E-state index in [0.717, 1.165) is 17.7 Å². The molecule has 2 rings (SSSR count). The Hall–Kier alpha value is -1.45. The maximum atomic E-state index is 13.2. The van der Waals surface area contributed by atoms with Crippen LogP contribution in [-0.2, 0) is 0 Å². The molecule has 18 heavy (non-hydrogen) atoms. The minimum absolute atomic E-state index is 0.135. The van der Waals surface area contributed by atoms with E-state index in [4.69, 9.17) is 11.6 Å². The monoisotopic (exact) mass is 264 g/mol. The third-order valence-corrected chi connectivity index (χ3v) is 3.15. The van der Waals surface area contributed by atoms with Crippen LogP contribution in [0.2, 0.25) is 5.02 Å². The number of hydrogen-bond acceptors (Lipinski definition) is 2. The molecule has 1 heterocycles. The smallest absolute Gasteiger partial charge is 0.141 e. The van der Waals surface area contributed by atoms with Crippen molar-refractivity contribution in [3.8, 4) is 0 Å². The van der Waals surface area contributed by atoms with Gasteiger partial charge in [0.15, 0.2) is 0 Å². The highest BCUT2D eigenvalue weighted by Gasteiger charge is 2.14. The molecule has 0 aliphatic heterocycles. The summed E-state index contributed by atoms with van der Waals surface area (Å²) in [6.45, 7) is 0.756. The number of benzene rings is 1. The summed E-state index contributed by atoms with van der Waals surface area (Å²) in [7, 11) is 1.89. The van der Waals surface area contributed by atoms with Gasteiger partial charge in [-0.05, 0) is 42.4 Å². The quantitative estimate of drug-likeness (QED) is 0.917. The van der Waals surface area contributed by atoms with E-state index in [1.807, 2.05) is 19.2 Å². The molecule has 0 aliphatic rings. The predicted octanol–water partition coefficient (Wildman–Crippen LogP) is 3.23. The van der Waals surface area contributed by atoms with Crippen molar-refractivity contribution in [2.45, 2.75) is 5.92 Å². The van der Waals surface area contributed by atoms with Crippen LogP contribution in [-0.4, -0.2) is 18.6 Å². The van der Waals surface area contributed by atoms with Crippen molar-refractivity contribution >= 4 is 11.6 Å². The first-order valence-corrected chi connectivity index (χ1v) is 6.09. The van der Waals surface area contributed by atoms with Crippen molar-refractivity contribution in [1.29, 1.82) is 0 Å². The van der Waals surface area contributed by atoms with Crippen molar-refractivity contribution < 1.29 is 4.39 Å². The molecule has 4 heteroatoms. The standard InChI is InChI=1S/C14H14ClFN2/c1-17-9-12(10-4-6-18-7-5-10)11-2-3-14(16)13(15)8-11/h2-8,12,17H,9H2,1H3. The van der Waals surface area contributed by atoms with E-state index in [0.29, 0.717) is 0 Å². The van der Waals surface area contributed by atoms with Crippen LogP contribution in [0.4, 0.5) is 4.39 Å². The van der Waals surface area contributed by atoms with Crippen LogP contribution in [0.1, 0.15) is 17.0 Å². The van der Waals surface area contributed by atoms with Crippen LogP contribution >= 0.6 is 11.6 Å². The first-order chi connectivity index (χ1) is 8.72. The van der Waals surface area contributed by atoms with Crippen molar-refractivity contribution in [3.05, 3.63) is 64.7 Å². The highest BCUT2D eigenvalue weighted by atomic mass is 35.5. The number of halogens is 2. The summed E-state index contributed by atoms with van der Waals surface area (Å²) in [4.78, 5) is 4.01. The van der Waals surface area contributed by atoms with E-state index < -0.39 is 5.82 Å². The third kappa shape index (κ3) is 2.86. The van der Waals surface area contributed by atoms with Gasteiger partial charge in [-0.3, -0.25) is 4.98 Å². The molecule has 0 spiro atoms. The Balaban J connectivity index is 2.38. The summed E-state index contributed by atoms with van der Waals surface area (Å²) >= 11 is 5.84. The largest absolute Gasteiger partial charge is 0.319 e. The molecule has 0 saturated heterocycles. The van der Waals surface area contributed by atoms with Gasteiger partial charge in [-0.15, -0.1) is 0 Å². The summed E-state index contributed by atoms with van der Waals surface area (Å²) in [5, 5.41) is 3.30. The van der Waals surface area contributed by atoms with E-state index in [1.165, 1.54) is 6.07 Å². The minimum Gasteiger partial charge on any atom is -0.319 e. The SMILES string of the molecule is CNCC(c1ccncc1)c1ccc(F)c(Cl)c1. The highest BCUT2D eigenvalue weighted by molar-refractivity contribution is 6.30. The Morgan fingerprint density at radius 2 is 1.94 bits per heavy atom. The van der Waals surface area contributed by atoms with Crippen LogP contribution in [0.25, 0.3) is 0 Å². The molecule has 0 saturated carbocycles. The molecule has 1 aromatic carbocycles. The fourth-order valence-electron chi connectivity index (χ4n) is 1.96. The zero-order valence-electron chi connectivity index (χ0n) is 10.0. The lowest BCUT2D eigenvalue weighted by molar-refractivity contribution is 0.625. The Labute approximate surface area is 111 Å². The first-order valence-electron chi connectivity index (χ1n) is 5.72. The second kappa shape index (κ2) is 5.94. The second-order valence-electron chi connectivity index (χ2n) is 4.06. The van der Waals surface area contributed by atoms with Gasteiger partial charge in [0.2, 0.25) is 0 Å². The summed E-state index contributed by atoms with van der Waals surface area (Å²) in [6, 6.07) is 8.77. The van der Waals surface area contributed by atoms with Gasteiger partial charge in [-0.25, -0.2) is 4.39 Å². The fourth-order valence-corrected chi connectivity index (χ4v) is 2.15. The van der Waals surface area contributed by atoms with Gasteiger partial charge in [0.1, 0.15) is 5.82 Å². The maximum absolute atomic E-state index is 13.2. The molecule has 1 aromatic heterocycles. The van der Waals surface area contributed by atoms with Crippen LogP contribution in [0.3, 0.4) is 0 Å². The van der Waals surface area contributed by atoms with E-state index in [2.05, 4.69) is 10.3 Å². The lowest BCUT2D eigenvalue weighted by Crippen LogP contribution is -2.18. The van der Waals surface area contributed by atoms with Gasteiger partial charge in [0, 0.05) is 24.9 Å². The number of nitrogens with one attached hydrogen (secondary N) is 1. The Kier molecular flexibility index (Phi) is 4.28. The fraction of sp³-hybridized carbons (Fsp3) is 0.214. The second-order valence-corrected chi connectivity index (χ2v) is 4.47. The van der Waals surface area contributed by atoms with Crippen LogP contribution in [0, 0.1) is 5.82 Å². The molecule has 2 aromatic rings. The van der Waals surface area contributed by atoms with Gasteiger partial charge in [-0.2, -0.15) is 0 Å². The van der Waals surface area contributed by atoms with Crippen molar-refractivity contribution in [2.75, 3.05) is 13.6 Å². The minimum atomic E-state index is -0.390. The van der Waals surface area contributed by atoms with Gasteiger partial charge >= 0.3 is 0 Å². The summed E-state index contributed by atoms with van der Waals surface area (Å²) in [5.41, 5.74) is 2.11. The van der Waals surface area contributed by atoms with Crippen molar-refractivity contribution in [3.63, 3.8) is 0 Å². The average Bonchev–Trinajstić information content (AvgIpc) is 2.40. The topological polar surface area (TPSA) is 24.9 Å². The van der Waals surface area contributed by atoms with Crippen LogP contribution in [0.5, 0.6) is 0 Å². The van der Waals surface area contributed by atoms with Gasteiger partial charge < -0.3 is 5.32 Å². The number of rotatable bonds is 4. The Bertz CT molecular complexity index is 516. The average molecular weight is 265 g/mol. The number of hydrogen-bond donors (Lipinski definition) is 1. The van der Waals surface area contributed by atoms with Crippen molar-refractivity contribution in [2.24, 2.45) is 0 Å². The Morgan fingerprint density at radius 3 is 2.56 bits per heavy atom. The van der Waals surface area contributed by atoms with Crippen LogP contribution in [0.15, 0.2) is 42.7 Å². The molecule has 0 bridgehead atoms. The molecular weight excluding hydrogens is 251 g/mol. The van der Waals surface area contributed by atoms with E-state index in [-0.39, 0.29) is 10.9 Å². The summed E-state index contributed by atoms with van der Waals surface area (Å²) in [6.07, 6.45) is 3.51. The summed E-state index contributed by atoms with van der Waals surface area (Å²) in [5.74, 6) is -0.255. The zero-order chi connectivity index (χ0) is 13.0. The molecular formula is C14H14ClFN2. The summed E-state index contributed by atoms with van der Waals surface area (Å²) < 4.78 is 13.2. The number of nitrogens with zero attached hydrogens (tertiary/aromatic N) is 1. The van der Waals surface area contributed by atoms with Gasteiger partial charge in [-0.1, -0.05) is 17.7 Å². The lowest BCUT2D eigenvalue weighted by Gasteiger charge is -2.17. The van der Waals surface area contributed by atoms with Crippen molar-refractivity contribution in [1.82, 2.24) is 10.3 Å². The first kappa shape index (κ1) is 13.0. The maximum Gasteiger partial charge on any atom is 0.141 e. The molecule has 1 atom stereocenters. The Morgan fingerprint density at radius 1 is 1.22 bits per heavy atom. The number of likely N-dealkylation sites (N-methyl/N-ethyl adjacent to an activating group) is 1. The normalized spacial score (nSPS) is 12.4. The molecule has 2 nitrogen and oxygen atoms in total. The zero-order valence-corrected chi connectivity index (χ0v) is 10.8. The molecule has 94 valence electrons. The molecule has 0 radical (unpaired) electrons. The predicted molar refractivity (Wildman–Crippen MR) is 71.4 cm³/mol. The molecule has 0 aliphatic carbocycles. The van der Waals surface area contributed by atoms with E-state index in [9.17, 15) is 4.39 Å². The van der Waals surface area contributed by atoms with Crippen LogP contribution < -0.4 is 5.32 Å². The van der Waals surface area contributed by atoms with Gasteiger partial charge in [0.25, 0.3) is 0 Å². The third-order valence-electron chi connectivity index (χ3n) is 2.86. The number of aromatic nitrogens is 1. The number of pyridine rings is 1. The van der Waals surface area contributed by atoms with E-state index in [1.54, 1.807) is 24.5 Å². The molecule has 1 N–H and O–H groups in total. The molecule has 0 fully saturated rings. The van der Waals surface area contributed by atoms with Gasteiger partial charge in [0.05, 0.1) is 5.02 Å². The molecule has 1 unspecified atom stereocenters. The lowest BCUT2D eigenvalue weighted by atomic mass is 9.92. The molecule has 0 amide bonds. The highest BCUT2D eigenvalue weighted by Crippen LogP contribution is 2.27. The van der Waals surface area contributed by atoms with E-state index >= 15 is 0 Å².